The van der Waals surface area contributed by atoms with Crippen molar-refractivity contribution in [1.82, 2.24) is 9.80 Å². The summed E-state index contributed by atoms with van der Waals surface area (Å²) >= 11 is 0. The quantitative estimate of drug-likeness (QED) is 0.114. The van der Waals surface area contributed by atoms with Crippen molar-refractivity contribution in [2.75, 3.05) is 20.3 Å². The van der Waals surface area contributed by atoms with Crippen LogP contribution < -0.4 is 0 Å². The zero-order valence-corrected chi connectivity index (χ0v) is 39.1. The number of carbonyl (C=O) groups excluding carboxylic acids is 2. The van der Waals surface area contributed by atoms with Crippen molar-refractivity contribution in [2.45, 2.75) is 239 Å². The Bertz CT molecular complexity index is 1240. The number of nitrogens with zero attached hydrogens (tertiary/aromatic N) is 2. The van der Waals surface area contributed by atoms with E-state index < -0.39 is 0 Å². The summed E-state index contributed by atoms with van der Waals surface area (Å²) in [6, 6.07) is 4.51. The van der Waals surface area contributed by atoms with Crippen LogP contribution >= 0.6 is 0 Å². The van der Waals surface area contributed by atoms with Gasteiger partial charge in [-0.05, 0) is 207 Å². The molecule has 0 aliphatic heterocycles. The first-order valence-electron chi connectivity index (χ1n) is 25.6. The Morgan fingerprint density at radius 3 is 1.29 bits per heavy atom. The van der Waals surface area contributed by atoms with Gasteiger partial charge < -0.3 is 14.3 Å². The molecule has 12 atom stereocenters. The van der Waals surface area contributed by atoms with Crippen LogP contribution in [-0.4, -0.2) is 78.1 Å². The Morgan fingerprint density at radius 2 is 0.897 bits per heavy atom. The molecule has 58 heavy (non-hydrogen) atoms. The molecular formula is C52H92N2O4. The van der Waals surface area contributed by atoms with Gasteiger partial charge in [-0.2, -0.15) is 0 Å². The molecule has 6 aliphatic carbocycles. The van der Waals surface area contributed by atoms with Gasteiger partial charge in [0.15, 0.2) is 0 Å². The second-order valence-corrected chi connectivity index (χ2v) is 22.3. The molecule has 0 aromatic heterocycles. The monoisotopic (exact) mass is 809 g/mol. The number of esters is 1. The number of ether oxygens (including phenoxy) is 2. The van der Waals surface area contributed by atoms with E-state index in [0.717, 1.165) is 109 Å². The summed E-state index contributed by atoms with van der Waals surface area (Å²) in [5.74, 6) is 8.53. The van der Waals surface area contributed by atoms with Crippen LogP contribution in [0, 0.1) is 59.2 Å². The number of methoxy groups -OCH3 is 1. The van der Waals surface area contributed by atoms with E-state index in [2.05, 4.69) is 51.3 Å². The minimum Gasteiger partial charge on any atom is -0.463 e. The summed E-state index contributed by atoms with van der Waals surface area (Å²) < 4.78 is 10.4. The van der Waals surface area contributed by atoms with E-state index in [4.69, 9.17) is 9.47 Å². The van der Waals surface area contributed by atoms with Crippen LogP contribution in [0.15, 0.2) is 0 Å². The minimum absolute atomic E-state index is 0.0500. The normalized spacial score (nSPS) is 41.7. The molecule has 0 heterocycles. The molecule has 6 saturated carbocycles. The highest BCUT2D eigenvalue weighted by Gasteiger charge is 2.46. The zero-order chi connectivity index (χ0) is 41.3. The highest BCUT2D eigenvalue weighted by molar-refractivity contribution is 5.75. The fraction of sp³-hybridized carbons (Fsp3) is 0.962. The maximum Gasteiger partial charge on any atom is 0.305 e. The molecule has 6 heteroatoms. The van der Waals surface area contributed by atoms with Gasteiger partial charge in [-0.25, -0.2) is 0 Å². The van der Waals surface area contributed by atoms with Gasteiger partial charge in [0.25, 0.3) is 0 Å². The van der Waals surface area contributed by atoms with E-state index in [1.54, 1.807) is 14.0 Å². The average Bonchev–Trinajstić information content (AvgIpc) is 3.21. The van der Waals surface area contributed by atoms with E-state index in [1.807, 2.05) is 0 Å². The van der Waals surface area contributed by atoms with Crippen molar-refractivity contribution in [3.8, 4) is 0 Å². The van der Waals surface area contributed by atoms with Gasteiger partial charge in [0.2, 0.25) is 0 Å². The fourth-order valence-electron chi connectivity index (χ4n) is 14.3. The molecule has 0 aromatic rings. The molecule has 6 nitrogen and oxygen atoms in total. The molecule has 0 spiro atoms. The Kier molecular flexibility index (Phi) is 18.0. The van der Waals surface area contributed by atoms with Gasteiger partial charge in [0.1, 0.15) is 12.4 Å². The molecule has 0 radical (unpaired) electrons. The standard InChI is InChI=1S/C52H92N2O4/c1-35-9-20-48(33-37(35)3)53(46-22-13-42(14-23-46)12-11-41(7)55)50-26-18-44(31-39(50)5)45-19-27-51(40(6)32-45)54(49-21-10-36(2)38(4)34-49)47-24-15-43(16-25-47)17-28-52(56)58-30-29-57-8/h35-40,42-51H,9-34H2,1-8H3. The summed E-state index contributed by atoms with van der Waals surface area (Å²) in [6.45, 7) is 18.0. The Labute approximate surface area is 357 Å². The van der Waals surface area contributed by atoms with Crippen LogP contribution in [0.2, 0.25) is 0 Å². The third-order valence-corrected chi connectivity index (χ3v) is 18.4. The topological polar surface area (TPSA) is 59.1 Å². The van der Waals surface area contributed by atoms with E-state index in [-0.39, 0.29) is 5.97 Å². The minimum atomic E-state index is -0.0500. The van der Waals surface area contributed by atoms with Crippen molar-refractivity contribution in [2.24, 2.45) is 59.2 Å². The molecule has 0 bridgehead atoms. The number of hydrogen-bond donors (Lipinski definition) is 0. The first-order valence-corrected chi connectivity index (χ1v) is 25.6. The lowest BCUT2D eigenvalue weighted by Gasteiger charge is -2.54. The summed E-state index contributed by atoms with van der Waals surface area (Å²) in [5, 5.41) is 0. The first kappa shape index (κ1) is 46.5. The molecular weight excluding hydrogens is 717 g/mol. The smallest absolute Gasteiger partial charge is 0.305 e. The fourth-order valence-corrected chi connectivity index (χ4v) is 14.3. The highest BCUT2D eigenvalue weighted by Crippen LogP contribution is 2.49. The maximum atomic E-state index is 12.3. The summed E-state index contributed by atoms with van der Waals surface area (Å²) in [5.41, 5.74) is 0. The van der Waals surface area contributed by atoms with Crippen LogP contribution in [0.4, 0.5) is 0 Å². The zero-order valence-electron chi connectivity index (χ0n) is 39.1. The van der Waals surface area contributed by atoms with Gasteiger partial charge in [-0.3, -0.25) is 14.6 Å². The number of hydrogen-bond acceptors (Lipinski definition) is 6. The predicted octanol–water partition coefficient (Wildman–Crippen LogP) is 12.3. The number of Topliss-reactive ketones (excluding diaryl/α,β-unsaturated/α-hetero) is 1. The van der Waals surface area contributed by atoms with E-state index >= 15 is 0 Å². The van der Waals surface area contributed by atoms with Crippen LogP contribution in [0.1, 0.15) is 203 Å². The average molecular weight is 809 g/mol. The summed E-state index contributed by atoms with van der Waals surface area (Å²) in [4.78, 5) is 30.5. The van der Waals surface area contributed by atoms with E-state index in [0.29, 0.717) is 31.3 Å². The third-order valence-electron chi connectivity index (χ3n) is 18.4. The highest BCUT2D eigenvalue weighted by atomic mass is 16.6. The molecule has 0 N–H and O–H groups in total. The maximum absolute atomic E-state index is 12.3. The molecule has 6 fully saturated rings. The van der Waals surface area contributed by atoms with Gasteiger partial charge in [0.05, 0.1) is 6.61 Å². The van der Waals surface area contributed by atoms with E-state index in [1.165, 1.54) is 128 Å². The number of ketones is 1. The lowest BCUT2D eigenvalue weighted by Crippen LogP contribution is -2.57. The lowest BCUT2D eigenvalue weighted by molar-refractivity contribution is -0.145. The lowest BCUT2D eigenvalue weighted by atomic mass is 9.65. The summed E-state index contributed by atoms with van der Waals surface area (Å²) in [7, 11) is 1.65. The van der Waals surface area contributed by atoms with Crippen LogP contribution in [-0.2, 0) is 19.1 Å². The molecule has 334 valence electrons. The van der Waals surface area contributed by atoms with Crippen molar-refractivity contribution >= 4 is 11.8 Å². The molecule has 0 saturated heterocycles. The SMILES string of the molecule is COCCOC(=O)CCC1CCC(N(C2CCC(C)C(C)C2)C2CCC(C3CCC(N(C4CCC(CCC(C)=O)CC4)C4CCC(C)C(C)C4)C(C)C3)CC2C)CC1. The van der Waals surface area contributed by atoms with Gasteiger partial charge >= 0.3 is 5.97 Å². The molecule has 12 unspecified atom stereocenters. The van der Waals surface area contributed by atoms with Crippen molar-refractivity contribution in [3.05, 3.63) is 0 Å². The molecule has 6 rings (SSSR count). The van der Waals surface area contributed by atoms with Crippen molar-refractivity contribution in [3.63, 3.8) is 0 Å². The Balaban J connectivity index is 1.06. The van der Waals surface area contributed by atoms with Crippen molar-refractivity contribution in [1.29, 1.82) is 0 Å². The third kappa shape index (κ3) is 12.4. The summed E-state index contributed by atoms with van der Waals surface area (Å²) in [6.07, 6.45) is 31.0. The first-order chi connectivity index (χ1) is 27.9. The molecule has 0 aromatic carbocycles. The second kappa shape index (κ2) is 22.4. The largest absolute Gasteiger partial charge is 0.463 e. The molecule has 6 aliphatic rings. The van der Waals surface area contributed by atoms with Gasteiger partial charge in [-0.1, -0.05) is 41.5 Å². The predicted molar refractivity (Wildman–Crippen MR) is 240 cm³/mol. The van der Waals surface area contributed by atoms with Crippen LogP contribution in [0.25, 0.3) is 0 Å². The number of rotatable bonds is 16. The van der Waals surface area contributed by atoms with Gasteiger partial charge in [0, 0.05) is 56.2 Å². The van der Waals surface area contributed by atoms with E-state index in [9.17, 15) is 9.59 Å². The number of carbonyl (C=O) groups is 2. The molecule has 0 amide bonds. The Hall–Kier alpha value is -0.980. The second-order valence-electron chi connectivity index (χ2n) is 22.3. The van der Waals surface area contributed by atoms with Gasteiger partial charge in [-0.15, -0.1) is 0 Å². The van der Waals surface area contributed by atoms with Crippen LogP contribution in [0.5, 0.6) is 0 Å². The Morgan fingerprint density at radius 1 is 0.466 bits per heavy atom. The van der Waals surface area contributed by atoms with Crippen molar-refractivity contribution < 1.29 is 19.1 Å². The van der Waals surface area contributed by atoms with Crippen LogP contribution in [0.3, 0.4) is 0 Å².